The van der Waals surface area contributed by atoms with Crippen molar-refractivity contribution in [3.8, 4) is 0 Å². The minimum Gasteiger partial charge on any atom is -0.374 e. The summed E-state index contributed by atoms with van der Waals surface area (Å²) >= 11 is 0. The first-order valence-corrected chi connectivity index (χ1v) is 8.76. The molecule has 0 aliphatic carbocycles. The van der Waals surface area contributed by atoms with Crippen LogP contribution in [0.15, 0.2) is 29.3 Å². The molecule has 1 heterocycles. The minimum atomic E-state index is -4.01. The number of benzene rings is 1. The first kappa shape index (κ1) is 16.3. The number of rotatable bonds is 4. The van der Waals surface area contributed by atoms with E-state index in [0.717, 1.165) is 0 Å². The van der Waals surface area contributed by atoms with Crippen LogP contribution in [0, 0.1) is 5.82 Å². The summed E-state index contributed by atoms with van der Waals surface area (Å²) < 4.78 is 44.4. The maximum Gasteiger partial charge on any atom is 0.263 e. The fraction of sp³-hybridized carbons (Fsp3) is 0.429. The van der Waals surface area contributed by atoms with Crippen molar-refractivity contribution < 1.29 is 17.5 Å². The Morgan fingerprint density at radius 1 is 1.33 bits per heavy atom. The number of aromatic nitrogens is 1. The van der Waals surface area contributed by atoms with Gasteiger partial charge < -0.3 is 9.30 Å². The van der Waals surface area contributed by atoms with Gasteiger partial charge in [0.05, 0.1) is 23.1 Å². The van der Waals surface area contributed by atoms with Crippen LogP contribution in [-0.2, 0) is 20.3 Å². The van der Waals surface area contributed by atoms with Crippen LogP contribution in [0.1, 0.15) is 20.8 Å². The molecule has 1 aromatic carbocycles. The first-order chi connectivity index (χ1) is 9.59. The second-order valence-corrected chi connectivity index (χ2v) is 8.25. The predicted octanol–water partition coefficient (Wildman–Crippen LogP) is 3.52. The summed E-state index contributed by atoms with van der Waals surface area (Å²) in [4.78, 5) is -0.215. The average Bonchev–Trinajstić information content (AvgIpc) is 2.68. The molecule has 0 aliphatic rings. The summed E-state index contributed by atoms with van der Waals surface area (Å²) in [7, 11) is 1.38. The zero-order valence-corrected chi connectivity index (χ0v) is 13.6. The molecule has 0 bridgehead atoms. The third kappa shape index (κ3) is 3.75. The van der Waals surface area contributed by atoms with Crippen LogP contribution in [0.3, 0.4) is 0 Å². The molecule has 0 radical (unpaired) electrons. The predicted molar refractivity (Wildman–Crippen MR) is 80.6 cm³/mol. The van der Waals surface area contributed by atoms with Crippen LogP contribution in [0.2, 0.25) is 0 Å². The van der Waals surface area contributed by atoms with Crippen molar-refractivity contribution in [2.24, 2.45) is 0 Å². The molecular weight excluding hydrogens is 317 g/mol. The van der Waals surface area contributed by atoms with Crippen LogP contribution in [0.4, 0.5) is 4.39 Å². The van der Waals surface area contributed by atoms with Gasteiger partial charge in [-0.2, -0.15) is 0 Å². The van der Waals surface area contributed by atoms with Crippen molar-refractivity contribution in [2.75, 3.05) is 6.61 Å². The number of hydrogen-bond donors (Lipinski definition) is 0. The van der Waals surface area contributed by atoms with E-state index in [1.165, 1.54) is 18.3 Å². The molecule has 0 amide bonds. The van der Waals surface area contributed by atoms with Crippen LogP contribution < -0.4 is 0 Å². The second-order valence-electron chi connectivity index (χ2n) is 5.72. The highest BCUT2D eigenvalue weighted by Crippen LogP contribution is 2.30. The highest BCUT2D eigenvalue weighted by atomic mass is 35.7. The van der Waals surface area contributed by atoms with E-state index in [2.05, 4.69) is 0 Å². The number of nitrogens with zero attached hydrogens (tertiary/aromatic N) is 1. The van der Waals surface area contributed by atoms with Gasteiger partial charge >= 0.3 is 0 Å². The summed E-state index contributed by atoms with van der Waals surface area (Å²) in [6.07, 6.45) is 1.35. The van der Waals surface area contributed by atoms with E-state index in [0.29, 0.717) is 18.7 Å². The minimum absolute atomic E-state index is 0.0169. The molecule has 7 heteroatoms. The topological polar surface area (TPSA) is 48.3 Å². The maximum absolute atomic E-state index is 13.9. The Balaban J connectivity index is 2.44. The van der Waals surface area contributed by atoms with Gasteiger partial charge in [0.15, 0.2) is 0 Å². The summed E-state index contributed by atoms with van der Waals surface area (Å²) in [5, 5.41) is 0.0169. The van der Waals surface area contributed by atoms with Crippen LogP contribution in [0.25, 0.3) is 10.9 Å². The van der Waals surface area contributed by atoms with Crippen molar-refractivity contribution in [1.82, 2.24) is 4.57 Å². The van der Waals surface area contributed by atoms with E-state index in [-0.39, 0.29) is 15.9 Å². The summed E-state index contributed by atoms with van der Waals surface area (Å²) in [5.41, 5.74) is 0.182. The molecule has 1 aromatic heterocycles. The molecule has 116 valence electrons. The molecule has 2 aromatic rings. The van der Waals surface area contributed by atoms with Crippen molar-refractivity contribution >= 4 is 30.6 Å². The van der Waals surface area contributed by atoms with Gasteiger partial charge in [0.25, 0.3) is 9.05 Å². The number of halogens is 2. The molecule has 0 saturated heterocycles. The number of hydrogen-bond acceptors (Lipinski definition) is 3. The fourth-order valence-electron chi connectivity index (χ4n) is 2.09. The summed E-state index contributed by atoms with van der Waals surface area (Å²) in [5.74, 6) is -0.609. The summed E-state index contributed by atoms with van der Waals surface area (Å²) in [6.45, 7) is 6.56. The van der Waals surface area contributed by atoms with E-state index < -0.39 is 14.9 Å². The molecule has 0 aliphatic heterocycles. The van der Waals surface area contributed by atoms with Crippen molar-refractivity contribution in [2.45, 2.75) is 37.8 Å². The van der Waals surface area contributed by atoms with Crippen molar-refractivity contribution in [1.29, 1.82) is 0 Å². The van der Waals surface area contributed by atoms with Gasteiger partial charge in [-0.1, -0.05) is 6.07 Å². The number of ether oxygens (including phenoxy) is 1. The second kappa shape index (κ2) is 5.59. The smallest absolute Gasteiger partial charge is 0.263 e. The van der Waals surface area contributed by atoms with Gasteiger partial charge in [-0.05, 0) is 32.9 Å². The fourth-order valence-corrected chi connectivity index (χ4v) is 3.14. The first-order valence-electron chi connectivity index (χ1n) is 6.45. The maximum atomic E-state index is 13.9. The molecule has 4 nitrogen and oxygen atoms in total. The van der Waals surface area contributed by atoms with E-state index in [1.54, 1.807) is 10.6 Å². The molecule has 0 unspecified atom stereocenters. The van der Waals surface area contributed by atoms with E-state index in [1.807, 2.05) is 20.8 Å². The van der Waals surface area contributed by atoms with Gasteiger partial charge in [-0.3, -0.25) is 0 Å². The van der Waals surface area contributed by atoms with Gasteiger partial charge in [-0.15, -0.1) is 0 Å². The molecule has 0 atom stereocenters. The van der Waals surface area contributed by atoms with Crippen molar-refractivity contribution in [3.63, 3.8) is 0 Å². The van der Waals surface area contributed by atoms with Crippen LogP contribution in [0.5, 0.6) is 0 Å². The zero-order valence-electron chi connectivity index (χ0n) is 12.1. The highest BCUT2D eigenvalue weighted by Gasteiger charge is 2.21. The zero-order chi connectivity index (χ0) is 15.8. The van der Waals surface area contributed by atoms with E-state index in [4.69, 9.17) is 15.4 Å². The molecule has 0 spiro atoms. The third-order valence-electron chi connectivity index (χ3n) is 2.95. The lowest BCUT2D eigenvalue weighted by Crippen LogP contribution is -2.21. The molecule has 0 fully saturated rings. The monoisotopic (exact) mass is 333 g/mol. The van der Waals surface area contributed by atoms with Crippen molar-refractivity contribution in [3.05, 3.63) is 30.2 Å². The van der Waals surface area contributed by atoms with E-state index in [9.17, 15) is 12.8 Å². The van der Waals surface area contributed by atoms with E-state index >= 15 is 0 Å². The molecule has 21 heavy (non-hydrogen) atoms. The molecule has 0 saturated carbocycles. The van der Waals surface area contributed by atoms with Crippen LogP contribution >= 0.6 is 10.7 Å². The molecule has 0 N–H and O–H groups in total. The Bertz CT molecular complexity index is 762. The lowest BCUT2D eigenvalue weighted by Gasteiger charge is -2.19. The van der Waals surface area contributed by atoms with Gasteiger partial charge in [0, 0.05) is 23.4 Å². The Kier molecular flexibility index (Phi) is 4.33. The third-order valence-corrected chi connectivity index (χ3v) is 4.28. The summed E-state index contributed by atoms with van der Waals surface area (Å²) in [6, 6.07) is 4.40. The van der Waals surface area contributed by atoms with Gasteiger partial charge in [0.2, 0.25) is 0 Å². The average molecular weight is 334 g/mol. The number of fused-ring (bicyclic) bond motifs is 1. The molecular formula is C14H17ClFNO3S. The van der Waals surface area contributed by atoms with Crippen LogP contribution in [-0.4, -0.2) is 25.2 Å². The Morgan fingerprint density at radius 2 is 2.00 bits per heavy atom. The lowest BCUT2D eigenvalue weighted by atomic mass is 10.2. The lowest BCUT2D eigenvalue weighted by molar-refractivity contribution is -0.00647. The Hall–Kier alpha value is -1.11. The molecule has 2 rings (SSSR count). The Labute approximate surface area is 127 Å². The van der Waals surface area contributed by atoms with Gasteiger partial charge in [-0.25, -0.2) is 12.8 Å². The normalized spacial score (nSPS) is 13.0. The van der Waals surface area contributed by atoms with Gasteiger partial charge in [0.1, 0.15) is 10.7 Å². The highest BCUT2D eigenvalue weighted by molar-refractivity contribution is 8.14. The quantitative estimate of drug-likeness (QED) is 0.804. The largest absolute Gasteiger partial charge is 0.374 e. The standard InChI is InChI=1S/C14H17ClFNO3S/c1-14(2,3)20-8-7-17-9-12(21(15,18)19)13-10(16)5-4-6-11(13)17/h4-6,9H,7-8H2,1-3H3. The Morgan fingerprint density at radius 3 is 2.57 bits per heavy atom. The SMILES string of the molecule is CC(C)(C)OCCn1cc(S(=O)(=O)Cl)c2c(F)cccc21.